The lowest BCUT2D eigenvalue weighted by Crippen LogP contribution is -2.08. The normalized spacial score (nSPS) is 22.2. The summed E-state index contributed by atoms with van der Waals surface area (Å²) in [6.07, 6.45) is -1.14. The van der Waals surface area contributed by atoms with Gasteiger partial charge in [-0.3, -0.25) is 0 Å². The van der Waals surface area contributed by atoms with E-state index in [0.29, 0.717) is 11.4 Å². The summed E-state index contributed by atoms with van der Waals surface area (Å²) < 4.78 is 41.5. The van der Waals surface area contributed by atoms with Crippen LogP contribution in [0.5, 0.6) is 0 Å². The second kappa shape index (κ2) is 3.83. The molecule has 3 rings (SSSR count). The minimum atomic E-state index is -1.25. The Hall–Kier alpha value is -1.85. The fourth-order valence-electron chi connectivity index (χ4n) is 2.34. The maximum Gasteiger partial charge on any atom is 0.162 e. The van der Waals surface area contributed by atoms with Gasteiger partial charge in [-0.2, -0.15) is 5.10 Å². The standard InChI is InChI=1S/C12H10F3N3/c1-6-16-12-10(15)5-11(18(12)17-6)7-2-8(13)4-9(14)3-7/h2-4,10-11H,5H2,1H3/t10-,11-/m0/s1. The van der Waals surface area contributed by atoms with Crippen LogP contribution in [0.1, 0.15) is 35.8 Å². The predicted molar refractivity (Wildman–Crippen MR) is 57.7 cm³/mol. The van der Waals surface area contributed by atoms with Crippen molar-refractivity contribution in [3.05, 3.63) is 47.0 Å². The highest BCUT2D eigenvalue weighted by Crippen LogP contribution is 2.39. The van der Waals surface area contributed by atoms with Crippen LogP contribution in [0.4, 0.5) is 13.2 Å². The van der Waals surface area contributed by atoms with Gasteiger partial charge in [-0.1, -0.05) is 0 Å². The Bertz CT molecular complexity index is 588. The zero-order valence-electron chi connectivity index (χ0n) is 9.57. The number of halogens is 3. The van der Waals surface area contributed by atoms with Crippen molar-refractivity contribution < 1.29 is 13.2 Å². The Kier molecular flexibility index (Phi) is 2.39. The topological polar surface area (TPSA) is 30.7 Å². The molecular formula is C12H10F3N3. The zero-order valence-corrected chi connectivity index (χ0v) is 9.57. The molecule has 0 saturated carbocycles. The summed E-state index contributed by atoms with van der Waals surface area (Å²) in [5.41, 5.74) is 0.374. The lowest BCUT2D eigenvalue weighted by atomic mass is 10.0. The maximum absolute atomic E-state index is 13.8. The van der Waals surface area contributed by atoms with Crippen molar-refractivity contribution in [3.63, 3.8) is 0 Å². The Morgan fingerprint density at radius 1 is 1.22 bits per heavy atom. The van der Waals surface area contributed by atoms with Crippen LogP contribution < -0.4 is 0 Å². The van der Waals surface area contributed by atoms with Gasteiger partial charge in [0.25, 0.3) is 0 Å². The Morgan fingerprint density at radius 2 is 1.89 bits per heavy atom. The lowest BCUT2D eigenvalue weighted by Gasteiger charge is -2.11. The van der Waals surface area contributed by atoms with E-state index in [-0.39, 0.29) is 12.2 Å². The number of aromatic nitrogens is 3. The number of hydrogen-bond donors (Lipinski definition) is 0. The first kappa shape index (κ1) is 11.3. The molecule has 0 radical (unpaired) electrons. The molecule has 6 heteroatoms. The summed E-state index contributed by atoms with van der Waals surface area (Å²) >= 11 is 0. The summed E-state index contributed by atoms with van der Waals surface area (Å²) in [4.78, 5) is 3.98. The molecule has 1 aromatic heterocycles. The van der Waals surface area contributed by atoms with E-state index in [1.807, 2.05) is 0 Å². The van der Waals surface area contributed by atoms with Crippen molar-refractivity contribution in [2.45, 2.75) is 25.6 Å². The van der Waals surface area contributed by atoms with Gasteiger partial charge >= 0.3 is 0 Å². The molecular weight excluding hydrogens is 243 g/mol. The summed E-state index contributed by atoms with van der Waals surface area (Å²) in [5.74, 6) is -0.673. The Morgan fingerprint density at radius 3 is 2.56 bits per heavy atom. The SMILES string of the molecule is Cc1nc2n(n1)[C@H](c1cc(F)cc(F)c1)C[C@@H]2F. The molecule has 1 aliphatic heterocycles. The molecule has 0 amide bonds. The van der Waals surface area contributed by atoms with Crippen molar-refractivity contribution in [3.8, 4) is 0 Å². The largest absolute Gasteiger partial charge is 0.239 e. The van der Waals surface area contributed by atoms with Crippen LogP contribution in [0.25, 0.3) is 0 Å². The number of aryl methyl sites for hydroxylation is 1. The molecule has 0 aliphatic carbocycles. The van der Waals surface area contributed by atoms with Crippen LogP contribution in [0.15, 0.2) is 18.2 Å². The third kappa shape index (κ3) is 1.68. The number of rotatable bonds is 1. The van der Waals surface area contributed by atoms with Crippen molar-refractivity contribution in [2.24, 2.45) is 0 Å². The van der Waals surface area contributed by atoms with Crippen molar-refractivity contribution in [1.82, 2.24) is 14.8 Å². The third-order valence-corrected chi connectivity index (χ3v) is 3.04. The van der Waals surface area contributed by atoms with Gasteiger partial charge in [-0.15, -0.1) is 0 Å². The minimum Gasteiger partial charge on any atom is -0.239 e. The van der Waals surface area contributed by atoms with E-state index in [1.54, 1.807) is 6.92 Å². The molecule has 1 aliphatic rings. The molecule has 0 bridgehead atoms. The molecule has 0 unspecified atom stereocenters. The summed E-state index contributed by atoms with van der Waals surface area (Å²) in [7, 11) is 0. The third-order valence-electron chi connectivity index (χ3n) is 3.04. The van der Waals surface area contributed by atoms with Crippen LogP contribution >= 0.6 is 0 Å². The van der Waals surface area contributed by atoms with E-state index in [9.17, 15) is 13.2 Å². The first-order chi connectivity index (χ1) is 8.54. The van der Waals surface area contributed by atoms with Gasteiger partial charge in [-0.05, 0) is 24.6 Å². The number of alkyl halides is 1. The van der Waals surface area contributed by atoms with Crippen LogP contribution in [0.3, 0.4) is 0 Å². The smallest absolute Gasteiger partial charge is 0.162 e. The minimum absolute atomic E-state index is 0.110. The number of nitrogens with zero attached hydrogens (tertiary/aromatic N) is 3. The van der Waals surface area contributed by atoms with E-state index in [4.69, 9.17) is 0 Å². The van der Waals surface area contributed by atoms with Crippen LogP contribution in [0, 0.1) is 18.6 Å². The highest BCUT2D eigenvalue weighted by atomic mass is 19.1. The molecule has 18 heavy (non-hydrogen) atoms. The van der Waals surface area contributed by atoms with Crippen molar-refractivity contribution >= 4 is 0 Å². The van der Waals surface area contributed by atoms with E-state index >= 15 is 0 Å². The number of hydrogen-bond acceptors (Lipinski definition) is 2. The quantitative estimate of drug-likeness (QED) is 0.782. The molecule has 1 aromatic carbocycles. The molecule has 0 N–H and O–H groups in total. The Balaban J connectivity index is 2.08. The molecule has 0 fully saturated rings. The van der Waals surface area contributed by atoms with E-state index in [0.717, 1.165) is 6.07 Å². The van der Waals surface area contributed by atoms with Gasteiger partial charge in [0.2, 0.25) is 0 Å². The summed E-state index contributed by atoms with van der Waals surface area (Å²) in [6, 6.07) is 2.69. The highest BCUT2D eigenvalue weighted by Gasteiger charge is 2.35. The maximum atomic E-state index is 13.8. The average molecular weight is 253 g/mol. The van der Waals surface area contributed by atoms with E-state index < -0.39 is 23.8 Å². The van der Waals surface area contributed by atoms with E-state index in [1.165, 1.54) is 16.8 Å². The number of benzene rings is 1. The molecule has 0 spiro atoms. The fraction of sp³-hybridized carbons (Fsp3) is 0.333. The van der Waals surface area contributed by atoms with Crippen LogP contribution in [-0.2, 0) is 0 Å². The monoisotopic (exact) mass is 253 g/mol. The fourth-order valence-corrected chi connectivity index (χ4v) is 2.34. The van der Waals surface area contributed by atoms with Crippen LogP contribution in [0.2, 0.25) is 0 Å². The van der Waals surface area contributed by atoms with Gasteiger partial charge < -0.3 is 0 Å². The first-order valence-corrected chi connectivity index (χ1v) is 5.57. The first-order valence-electron chi connectivity index (χ1n) is 5.57. The van der Waals surface area contributed by atoms with Gasteiger partial charge in [0.15, 0.2) is 12.0 Å². The molecule has 94 valence electrons. The highest BCUT2D eigenvalue weighted by molar-refractivity contribution is 5.25. The van der Waals surface area contributed by atoms with Gasteiger partial charge in [0.1, 0.15) is 17.5 Å². The summed E-state index contributed by atoms with van der Waals surface area (Å²) in [5, 5.41) is 4.08. The second-order valence-electron chi connectivity index (χ2n) is 4.38. The Labute approximate surface area is 101 Å². The van der Waals surface area contributed by atoms with Gasteiger partial charge in [-0.25, -0.2) is 22.8 Å². The van der Waals surface area contributed by atoms with E-state index in [2.05, 4.69) is 10.1 Å². The molecule has 0 saturated heterocycles. The predicted octanol–water partition coefficient (Wildman–Crippen LogP) is 2.87. The van der Waals surface area contributed by atoms with Gasteiger partial charge in [0, 0.05) is 12.5 Å². The van der Waals surface area contributed by atoms with Crippen LogP contribution in [-0.4, -0.2) is 14.8 Å². The van der Waals surface area contributed by atoms with Gasteiger partial charge in [0.05, 0.1) is 6.04 Å². The molecule has 3 nitrogen and oxygen atoms in total. The second-order valence-corrected chi connectivity index (χ2v) is 4.38. The molecule has 2 aromatic rings. The molecule has 2 heterocycles. The average Bonchev–Trinajstić information content (AvgIpc) is 2.77. The van der Waals surface area contributed by atoms with Crippen molar-refractivity contribution in [2.75, 3.05) is 0 Å². The lowest BCUT2D eigenvalue weighted by molar-refractivity contribution is 0.328. The van der Waals surface area contributed by atoms with Crippen molar-refractivity contribution in [1.29, 1.82) is 0 Å². The zero-order chi connectivity index (χ0) is 12.9. The molecule has 2 atom stereocenters. The summed E-state index contributed by atoms with van der Waals surface area (Å²) in [6.45, 7) is 1.65. The number of fused-ring (bicyclic) bond motifs is 1.